The Hall–Kier alpha value is -4.85. The minimum Gasteiger partial charge on any atom is -0.467 e. The van der Waals surface area contributed by atoms with Gasteiger partial charge >= 0.3 is 30.5 Å². The highest BCUT2D eigenvalue weighted by atomic mass is 19.4. The molecule has 1 fully saturated rings. The lowest BCUT2D eigenvalue weighted by atomic mass is 10.0. The van der Waals surface area contributed by atoms with Gasteiger partial charge in [-0.1, -0.05) is 0 Å². The number of nitrogens with one attached hydrogen (secondary N) is 1. The van der Waals surface area contributed by atoms with Crippen molar-refractivity contribution in [2.24, 2.45) is 0 Å². The van der Waals surface area contributed by atoms with E-state index in [4.69, 9.17) is 14.2 Å². The van der Waals surface area contributed by atoms with Crippen molar-refractivity contribution >= 4 is 29.3 Å². The monoisotopic (exact) mass is 808 g/mol. The standard InChI is InChI=1S/C36H41F9N6O5/c1-6-51(32(53)48-28(30(52)54-5)21-56-33(2,3)4)29-8-7-24(34(37,38)39)15-23(29)20-50(31-46-17-27(18-47-31)49-9-11-55-12-10-49)19-22-13-25(35(40,41)42)16-26(14-22)36(43,44)45/h7-8,13-18,28H,6,9-12,19-21H2,1-5H3,(H,48,53). The summed E-state index contributed by atoms with van der Waals surface area (Å²) in [5, 5.41) is 2.47. The first-order valence-corrected chi connectivity index (χ1v) is 17.2. The van der Waals surface area contributed by atoms with Gasteiger partial charge in [-0.2, -0.15) is 39.5 Å². The molecule has 20 heteroatoms. The van der Waals surface area contributed by atoms with Crippen LogP contribution in [-0.4, -0.2) is 80.2 Å². The van der Waals surface area contributed by atoms with Crippen LogP contribution in [-0.2, 0) is 50.6 Å². The van der Waals surface area contributed by atoms with Crippen LogP contribution in [0, 0.1) is 0 Å². The summed E-state index contributed by atoms with van der Waals surface area (Å²) >= 11 is 0. The number of benzene rings is 2. The number of halogens is 9. The number of anilines is 3. The van der Waals surface area contributed by atoms with Gasteiger partial charge in [0.1, 0.15) is 0 Å². The van der Waals surface area contributed by atoms with Crippen LogP contribution in [0.25, 0.3) is 0 Å². The second-order valence-corrected chi connectivity index (χ2v) is 13.6. The van der Waals surface area contributed by atoms with Crippen LogP contribution >= 0.6 is 0 Å². The lowest BCUT2D eigenvalue weighted by molar-refractivity contribution is -0.146. The maximum atomic E-state index is 14.1. The van der Waals surface area contributed by atoms with Gasteiger partial charge < -0.3 is 29.3 Å². The second kappa shape index (κ2) is 17.5. The average Bonchev–Trinajstić information content (AvgIpc) is 3.12. The molecule has 1 saturated heterocycles. The van der Waals surface area contributed by atoms with Crippen molar-refractivity contribution in [1.82, 2.24) is 15.3 Å². The molecule has 0 spiro atoms. The molecule has 56 heavy (non-hydrogen) atoms. The number of carbonyl (C=O) groups is 2. The molecule has 1 N–H and O–H groups in total. The van der Waals surface area contributed by atoms with Gasteiger partial charge in [0.05, 0.1) is 73.0 Å². The van der Waals surface area contributed by atoms with Gasteiger partial charge in [-0.05, 0) is 75.2 Å². The molecule has 1 aliphatic rings. The predicted octanol–water partition coefficient (Wildman–Crippen LogP) is 7.47. The molecule has 2 amide bonds. The summed E-state index contributed by atoms with van der Waals surface area (Å²) in [4.78, 5) is 38.9. The summed E-state index contributed by atoms with van der Waals surface area (Å²) in [7, 11) is 1.08. The summed E-state index contributed by atoms with van der Waals surface area (Å²) in [5.41, 5.74) is -5.47. The van der Waals surface area contributed by atoms with Gasteiger partial charge in [-0.25, -0.2) is 19.6 Å². The van der Waals surface area contributed by atoms with E-state index in [1.807, 2.05) is 4.90 Å². The third-order valence-corrected chi connectivity index (χ3v) is 8.39. The fraction of sp³-hybridized carbons (Fsp3) is 0.500. The van der Waals surface area contributed by atoms with Crippen molar-refractivity contribution < 1.29 is 63.3 Å². The molecule has 1 unspecified atom stereocenters. The first-order chi connectivity index (χ1) is 26.0. The molecule has 0 radical (unpaired) electrons. The Morgan fingerprint density at radius 3 is 1.93 bits per heavy atom. The lowest BCUT2D eigenvalue weighted by Crippen LogP contribution is -2.51. The molecule has 1 aromatic heterocycles. The number of hydrogen-bond acceptors (Lipinski definition) is 9. The Morgan fingerprint density at radius 2 is 1.43 bits per heavy atom. The molecule has 2 aromatic carbocycles. The lowest BCUT2D eigenvalue weighted by Gasteiger charge is -2.31. The number of carbonyl (C=O) groups excluding carboxylic acids is 2. The Bertz CT molecular complexity index is 1780. The number of urea groups is 1. The van der Waals surface area contributed by atoms with Crippen LogP contribution in [0.1, 0.15) is 55.5 Å². The number of nitrogens with zero attached hydrogens (tertiary/aromatic N) is 5. The number of amides is 2. The number of aromatic nitrogens is 2. The van der Waals surface area contributed by atoms with Crippen LogP contribution in [0.3, 0.4) is 0 Å². The number of ether oxygens (including phenoxy) is 3. The summed E-state index contributed by atoms with van der Waals surface area (Å²) in [6, 6.07) is 1.05. The number of alkyl halides is 9. The van der Waals surface area contributed by atoms with E-state index in [1.165, 1.54) is 19.3 Å². The Balaban J connectivity index is 1.83. The van der Waals surface area contributed by atoms with Crippen molar-refractivity contribution in [2.75, 3.05) is 61.3 Å². The first-order valence-electron chi connectivity index (χ1n) is 17.2. The van der Waals surface area contributed by atoms with Crippen molar-refractivity contribution in [1.29, 1.82) is 0 Å². The normalized spacial score (nSPS) is 14.6. The van der Waals surface area contributed by atoms with Gasteiger partial charge in [0.25, 0.3) is 0 Å². The molecule has 0 aliphatic carbocycles. The smallest absolute Gasteiger partial charge is 0.416 e. The number of morpholine rings is 1. The van der Waals surface area contributed by atoms with E-state index in [1.54, 1.807) is 20.8 Å². The molecule has 4 rings (SSSR count). The minimum atomic E-state index is -5.18. The predicted molar refractivity (Wildman–Crippen MR) is 186 cm³/mol. The first kappa shape index (κ1) is 43.9. The fourth-order valence-corrected chi connectivity index (χ4v) is 5.64. The van der Waals surface area contributed by atoms with Crippen molar-refractivity contribution in [3.63, 3.8) is 0 Å². The molecule has 2 heterocycles. The van der Waals surface area contributed by atoms with E-state index in [-0.39, 0.29) is 36.4 Å². The molecular weight excluding hydrogens is 767 g/mol. The number of hydrogen-bond donors (Lipinski definition) is 1. The van der Waals surface area contributed by atoms with E-state index in [0.29, 0.717) is 56.3 Å². The minimum absolute atomic E-state index is 0.0434. The molecular formula is C36H41F9N6O5. The van der Waals surface area contributed by atoms with Crippen molar-refractivity contribution in [2.45, 2.75) is 71.0 Å². The third kappa shape index (κ3) is 11.8. The van der Waals surface area contributed by atoms with Crippen LogP contribution in [0.2, 0.25) is 0 Å². The molecule has 308 valence electrons. The number of methoxy groups -OCH3 is 1. The van der Waals surface area contributed by atoms with Gasteiger partial charge in [-0.3, -0.25) is 4.90 Å². The van der Waals surface area contributed by atoms with Gasteiger partial charge in [-0.15, -0.1) is 0 Å². The van der Waals surface area contributed by atoms with Crippen molar-refractivity contribution in [3.8, 4) is 0 Å². The largest absolute Gasteiger partial charge is 0.467 e. The highest BCUT2D eigenvalue weighted by molar-refractivity contribution is 5.95. The van der Waals surface area contributed by atoms with Crippen LogP contribution in [0.15, 0.2) is 48.8 Å². The van der Waals surface area contributed by atoms with E-state index in [9.17, 15) is 49.1 Å². The maximum absolute atomic E-state index is 14.1. The molecule has 0 saturated carbocycles. The highest BCUT2D eigenvalue weighted by Gasteiger charge is 2.38. The van der Waals surface area contributed by atoms with E-state index >= 15 is 0 Å². The summed E-state index contributed by atoms with van der Waals surface area (Å²) in [5.74, 6) is -1.14. The van der Waals surface area contributed by atoms with E-state index in [2.05, 4.69) is 15.3 Å². The summed E-state index contributed by atoms with van der Waals surface area (Å²) < 4.78 is 141. The van der Waals surface area contributed by atoms with Gasteiger partial charge in [0.2, 0.25) is 5.95 Å². The second-order valence-electron chi connectivity index (χ2n) is 13.6. The quantitative estimate of drug-likeness (QED) is 0.147. The summed E-state index contributed by atoms with van der Waals surface area (Å²) in [6.45, 7) is 6.43. The van der Waals surface area contributed by atoms with Gasteiger partial charge in [0, 0.05) is 32.7 Å². The number of esters is 1. The van der Waals surface area contributed by atoms with Crippen LogP contribution < -0.4 is 20.0 Å². The SMILES string of the molecule is CCN(C(=O)NC(COC(C)(C)C)C(=O)OC)c1ccc(C(F)(F)F)cc1CN(Cc1cc(C(F)(F)F)cc(C(F)(F)F)c1)c1ncc(N2CCOCC2)cn1. The Kier molecular flexibility index (Phi) is 13.7. The van der Waals surface area contributed by atoms with E-state index in [0.717, 1.165) is 23.0 Å². The summed E-state index contributed by atoms with van der Waals surface area (Å²) in [6.07, 6.45) is -12.5. The zero-order valence-electron chi connectivity index (χ0n) is 31.0. The zero-order chi connectivity index (χ0) is 41.6. The van der Waals surface area contributed by atoms with Crippen LogP contribution in [0.5, 0.6) is 0 Å². The molecule has 1 aliphatic heterocycles. The third-order valence-electron chi connectivity index (χ3n) is 8.39. The average molecular weight is 809 g/mol. The fourth-order valence-electron chi connectivity index (χ4n) is 5.64. The highest BCUT2D eigenvalue weighted by Crippen LogP contribution is 2.38. The molecule has 3 aromatic rings. The van der Waals surface area contributed by atoms with E-state index < -0.39 is 77.5 Å². The molecule has 0 bridgehead atoms. The molecule has 1 atom stereocenters. The molecule has 11 nitrogen and oxygen atoms in total. The van der Waals surface area contributed by atoms with Crippen LogP contribution in [0.4, 0.5) is 61.6 Å². The maximum Gasteiger partial charge on any atom is 0.416 e. The van der Waals surface area contributed by atoms with Crippen molar-refractivity contribution in [3.05, 3.63) is 76.6 Å². The Morgan fingerprint density at radius 1 is 0.857 bits per heavy atom. The Labute approximate surface area is 316 Å². The zero-order valence-corrected chi connectivity index (χ0v) is 31.0. The topological polar surface area (TPSA) is 109 Å². The van der Waals surface area contributed by atoms with Gasteiger partial charge in [0.15, 0.2) is 6.04 Å². The number of rotatable bonds is 12.